The second-order valence-corrected chi connectivity index (χ2v) is 3.53. The lowest BCUT2D eigenvalue weighted by Gasteiger charge is -2.24. The van der Waals surface area contributed by atoms with Gasteiger partial charge in [0.05, 0.1) is 24.9 Å². The van der Waals surface area contributed by atoms with Gasteiger partial charge in [-0.3, -0.25) is 0 Å². The third-order valence-corrected chi connectivity index (χ3v) is 2.43. The molecular formula is C11H11NO5. The zero-order chi connectivity index (χ0) is 12.4. The molecule has 1 aromatic rings. The fourth-order valence-electron chi connectivity index (χ4n) is 1.55. The Bertz CT molecular complexity index is 471. The normalized spacial score (nSPS) is 17.4. The minimum atomic E-state index is -1.05. The molecule has 0 aliphatic carbocycles. The highest BCUT2D eigenvalue weighted by molar-refractivity contribution is 5.91. The van der Waals surface area contributed by atoms with E-state index in [9.17, 15) is 9.59 Å². The fourth-order valence-corrected chi connectivity index (χ4v) is 1.55. The van der Waals surface area contributed by atoms with E-state index in [2.05, 4.69) is 10.1 Å². The van der Waals surface area contributed by atoms with Gasteiger partial charge in [0.15, 0.2) is 0 Å². The van der Waals surface area contributed by atoms with Crippen LogP contribution in [0.3, 0.4) is 0 Å². The number of methoxy groups -OCH3 is 1. The zero-order valence-corrected chi connectivity index (χ0v) is 9.10. The molecule has 0 saturated heterocycles. The molecule has 2 N–H and O–H groups in total. The third kappa shape index (κ3) is 2.15. The first-order valence-electron chi connectivity index (χ1n) is 4.97. The maximum Gasteiger partial charge on any atom is 0.346 e. The highest BCUT2D eigenvalue weighted by Gasteiger charge is 2.25. The molecule has 0 spiro atoms. The number of carboxylic acids is 1. The molecule has 0 fully saturated rings. The van der Waals surface area contributed by atoms with Crippen LogP contribution in [0.25, 0.3) is 0 Å². The second-order valence-electron chi connectivity index (χ2n) is 3.53. The monoisotopic (exact) mass is 237 g/mol. The second kappa shape index (κ2) is 4.32. The number of benzene rings is 1. The van der Waals surface area contributed by atoms with Crippen molar-refractivity contribution in [1.82, 2.24) is 0 Å². The maximum atomic E-state index is 11.3. The van der Waals surface area contributed by atoms with Crippen LogP contribution in [-0.2, 0) is 9.53 Å². The van der Waals surface area contributed by atoms with E-state index < -0.39 is 18.0 Å². The van der Waals surface area contributed by atoms with Crippen LogP contribution >= 0.6 is 0 Å². The molecule has 0 aromatic heterocycles. The van der Waals surface area contributed by atoms with Crippen molar-refractivity contribution in [3.8, 4) is 5.75 Å². The Morgan fingerprint density at radius 3 is 2.94 bits per heavy atom. The van der Waals surface area contributed by atoms with Gasteiger partial charge in [-0.2, -0.15) is 0 Å². The lowest BCUT2D eigenvalue weighted by atomic mass is 10.1. The first-order valence-corrected chi connectivity index (χ1v) is 4.97. The number of nitrogens with one attached hydrogen (secondary N) is 1. The molecule has 1 aliphatic heterocycles. The van der Waals surface area contributed by atoms with Gasteiger partial charge in [0.1, 0.15) is 5.75 Å². The number of carbonyl (C=O) groups excluding carboxylic acids is 1. The SMILES string of the molecule is COC(=O)c1ccc2c(c1)OC(C(=O)O)CN2. The standard InChI is InChI=1S/C11H11NO5/c1-16-11(15)6-2-3-7-8(4-6)17-9(5-12-7)10(13)14/h2-4,9,12H,5H2,1H3,(H,13,14). The summed E-state index contributed by atoms with van der Waals surface area (Å²) < 4.78 is 9.83. The summed E-state index contributed by atoms with van der Waals surface area (Å²) in [6, 6.07) is 4.70. The van der Waals surface area contributed by atoms with Gasteiger partial charge in [-0.15, -0.1) is 0 Å². The first kappa shape index (κ1) is 11.3. The topological polar surface area (TPSA) is 84.9 Å². The Labute approximate surface area is 97.1 Å². The van der Waals surface area contributed by atoms with Gasteiger partial charge in [0, 0.05) is 0 Å². The summed E-state index contributed by atoms with van der Waals surface area (Å²) in [5.41, 5.74) is 0.981. The Hall–Kier alpha value is -2.24. The summed E-state index contributed by atoms with van der Waals surface area (Å²) in [6.45, 7) is 0.194. The molecule has 1 atom stereocenters. The minimum absolute atomic E-state index is 0.194. The largest absolute Gasteiger partial charge is 0.478 e. The number of carboxylic acid groups (broad SMARTS) is 1. The molecule has 90 valence electrons. The van der Waals surface area contributed by atoms with Crippen LogP contribution in [0.4, 0.5) is 5.69 Å². The van der Waals surface area contributed by atoms with Crippen LogP contribution in [0.1, 0.15) is 10.4 Å². The highest BCUT2D eigenvalue weighted by Crippen LogP contribution is 2.30. The first-order chi connectivity index (χ1) is 8.11. The zero-order valence-electron chi connectivity index (χ0n) is 9.10. The van der Waals surface area contributed by atoms with Crippen molar-refractivity contribution in [3.05, 3.63) is 23.8 Å². The summed E-state index contributed by atoms with van der Waals surface area (Å²) in [4.78, 5) is 22.1. The van der Waals surface area contributed by atoms with Crippen molar-refractivity contribution in [1.29, 1.82) is 0 Å². The summed E-state index contributed by atoms with van der Waals surface area (Å²) in [7, 11) is 1.28. The number of anilines is 1. The summed E-state index contributed by atoms with van der Waals surface area (Å²) in [5, 5.41) is 11.8. The van der Waals surface area contributed by atoms with Crippen molar-refractivity contribution in [2.45, 2.75) is 6.10 Å². The van der Waals surface area contributed by atoms with Gasteiger partial charge in [0.25, 0.3) is 0 Å². The van der Waals surface area contributed by atoms with Crippen molar-refractivity contribution >= 4 is 17.6 Å². The minimum Gasteiger partial charge on any atom is -0.478 e. The molecule has 0 amide bonds. The number of rotatable bonds is 2. The van der Waals surface area contributed by atoms with Gasteiger partial charge in [-0.1, -0.05) is 0 Å². The van der Waals surface area contributed by atoms with Crippen LogP contribution in [0.15, 0.2) is 18.2 Å². The number of ether oxygens (including phenoxy) is 2. The summed E-state index contributed by atoms with van der Waals surface area (Å²) in [5.74, 6) is -1.20. The third-order valence-electron chi connectivity index (χ3n) is 2.43. The van der Waals surface area contributed by atoms with Gasteiger partial charge in [-0.25, -0.2) is 9.59 Å². The van der Waals surface area contributed by atoms with Crippen molar-refractivity contribution in [3.63, 3.8) is 0 Å². The number of carbonyl (C=O) groups is 2. The lowest BCUT2D eigenvalue weighted by Crippen LogP contribution is -2.37. The van der Waals surface area contributed by atoms with Gasteiger partial charge in [0.2, 0.25) is 6.10 Å². The Balaban J connectivity index is 2.29. The van der Waals surface area contributed by atoms with E-state index in [0.29, 0.717) is 17.0 Å². The predicted octanol–water partition coefficient (Wildman–Crippen LogP) is 0.731. The van der Waals surface area contributed by atoms with E-state index in [1.54, 1.807) is 12.1 Å². The summed E-state index contributed by atoms with van der Waals surface area (Å²) >= 11 is 0. The Morgan fingerprint density at radius 2 is 2.29 bits per heavy atom. The van der Waals surface area contributed by atoms with Crippen LogP contribution in [0.5, 0.6) is 5.75 Å². The molecule has 0 bridgehead atoms. The number of hydrogen-bond donors (Lipinski definition) is 2. The van der Waals surface area contributed by atoms with Crippen LogP contribution in [0.2, 0.25) is 0 Å². The fraction of sp³-hybridized carbons (Fsp3) is 0.273. The van der Waals surface area contributed by atoms with Crippen LogP contribution in [-0.4, -0.2) is 36.8 Å². The summed E-state index contributed by atoms with van der Waals surface area (Å²) in [6.07, 6.45) is -0.949. The molecule has 0 saturated carbocycles. The maximum absolute atomic E-state index is 11.3. The molecular weight excluding hydrogens is 226 g/mol. The van der Waals surface area contributed by atoms with E-state index in [0.717, 1.165) is 0 Å². The Morgan fingerprint density at radius 1 is 1.53 bits per heavy atom. The molecule has 2 rings (SSSR count). The molecule has 0 radical (unpaired) electrons. The number of fused-ring (bicyclic) bond motifs is 1. The number of hydrogen-bond acceptors (Lipinski definition) is 5. The quantitative estimate of drug-likeness (QED) is 0.737. The van der Waals surface area contributed by atoms with Crippen molar-refractivity contribution in [2.75, 3.05) is 19.0 Å². The average Bonchev–Trinajstić information content (AvgIpc) is 2.36. The molecule has 1 heterocycles. The number of esters is 1. The van der Waals surface area contributed by atoms with E-state index in [1.165, 1.54) is 13.2 Å². The molecule has 1 aliphatic rings. The van der Waals surface area contributed by atoms with E-state index >= 15 is 0 Å². The van der Waals surface area contributed by atoms with E-state index in [4.69, 9.17) is 9.84 Å². The number of aliphatic carboxylic acids is 1. The highest BCUT2D eigenvalue weighted by atomic mass is 16.5. The Kier molecular flexibility index (Phi) is 2.86. The van der Waals surface area contributed by atoms with Crippen LogP contribution in [0, 0.1) is 0 Å². The van der Waals surface area contributed by atoms with Gasteiger partial charge < -0.3 is 19.9 Å². The lowest BCUT2D eigenvalue weighted by molar-refractivity contribution is -0.144. The van der Waals surface area contributed by atoms with Gasteiger partial charge in [-0.05, 0) is 18.2 Å². The van der Waals surface area contributed by atoms with Crippen molar-refractivity contribution < 1.29 is 24.2 Å². The van der Waals surface area contributed by atoms with Crippen LogP contribution < -0.4 is 10.1 Å². The molecule has 1 aromatic carbocycles. The smallest absolute Gasteiger partial charge is 0.346 e. The molecule has 6 heteroatoms. The molecule has 17 heavy (non-hydrogen) atoms. The molecule has 1 unspecified atom stereocenters. The van der Waals surface area contributed by atoms with E-state index in [1.807, 2.05) is 0 Å². The van der Waals surface area contributed by atoms with Crippen molar-refractivity contribution in [2.24, 2.45) is 0 Å². The predicted molar refractivity (Wildman–Crippen MR) is 58.3 cm³/mol. The molecule has 6 nitrogen and oxygen atoms in total. The average molecular weight is 237 g/mol. The van der Waals surface area contributed by atoms with E-state index in [-0.39, 0.29) is 6.54 Å². The van der Waals surface area contributed by atoms with Gasteiger partial charge >= 0.3 is 11.9 Å².